The van der Waals surface area contributed by atoms with Crippen LogP contribution in [0.4, 0.5) is 0 Å². The molecule has 1 aliphatic rings. The molecule has 0 aliphatic carbocycles. The van der Waals surface area contributed by atoms with Gasteiger partial charge in [-0.3, -0.25) is 4.79 Å². The van der Waals surface area contributed by atoms with E-state index in [0.29, 0.717) is 0 Å². The number of hydrogen-bond donors (Lipinski definition) is 1. The van der Waals surface area contributed by atoms with Gasteiger partial charge in [0.2, 0.25) is 0 Å². The molecular formula is C15H21NO5S2. The third-order valence-corrected chi connectivity index (χ3v) is 7.71. The predicted octanol–water partition coefficient (Wildman–Crippen LogP) is 1.18. The Morgan fingerprint density at radius 3 is 2.43 bits per heavy atom. The van der Waals surface area contributed by atoms with Gasteiger partial charge in [-0.15, -0.1) is 0 Å². The zero-order chi connectivity index (χ0) is 17.5. The molecule has 1 N–H and O–H groups in total. The first-order valence-electron chi connectivity index (χ1n) is 7.28. The number of benzene rings is 1. The maximum Gasteiger partial charge on any atom is 0.251 e. The third-order valence-electron chi connectivity index (χ3n) is 3.54. The van der Waals surface area contributed by atoms with Gasteiger partial charge in [0.1, 0.15) is 0 Å². The van der Waals surface area contributed by atoms with Crippen LogP contribution in [0.2, 0.25) is 0 Å². The van der Waals surface area contributed by atoms with Gasteiger partial charge in [0.05, 0.1) is 21.7 Å². The van der Waals surface area contributed by atoms with E-state index in [9.17, 15) is 21.6 Å². The molecule has 0 unspecified atom stereocenters. The monoisotopic (exact) mass is 359 g/mol. The zero-order valence-electron chi connectivity index (χ0n) is 13.4. The summed E-state index contributed by atoms with van der Waals surface area (Å²) in [5.41, 5.74) is -0.201. The second kappa shape index (κ2) is 5.90. The van der Waals surface area contributed by atoms with E-state index in [-0.39, 0.29) is 34.3 Å². The summed E-state index contributed by atoms with van der Waals surface area (Å²) in [7, 11) is -7.06. The van der Waals surface area contributed by atoms with E-state index in [1.807, 2.05) is 20.8 Å². The van der Waals surface area contributed by atoms with Crippen molar-refractivity contribution in [1.29, 1.82) is 0 Å². The van der Waals surface area contributed by atoms with Gasteiger partial charge in [0.25, 0.3) is 5.91 Å². The number of amides is 1. The smallest absolute Gasteiger partial charge is 0.251 e. The van der Waals surface area contributed by atoms with Crippen LogP contribution in [-0.2, 0) is 19.7 Å². The first kappa shape index (κ1) is 17.9. The molecule has 0 saturated carbocycles. The Morgan fingerprint density at radius 2 is 1.91 bits per heavy atom. The Bertz CT molecular complexity index is 820. The molecule has 0 aromatic heterocycles. The van der Waals surface area contributed by atoms with Crippen LogP contribution < -0.4 is 5.32 Å². The summed E-state index contributed by atoms with van der Waals surface area (Å²) in [6, 6.07) is 5.73. The molecular weight excluding hydrogens is 338 g/mol. The molecule has 0 radical (unpaired) electrons. The number of carbonyl (C=O) groups is 1. The molecule has 1 aliphatic heterocycles. The Morgan fingerprint density at radius 1 is 1.26 bits per heavy atom. The summed E-state index contributed by atoms with van der Waals surface area (Å²) in [5, 5.41) is 1.83. The molecule has 0 spiro atoms. The first-order chi connectivity index (χ1) is 10.4. The highest BCUT2D eigenvalue weighted by atomic mass is 32.2. The van der Waals surface area contributed by atoms with Crippen LogP contribution in [0.15, 0.2) is 29.2 Å². The number of sulfone groups is 2. The van der Waals surface area contributed by atoms with Crippen molar-refractivity contribution >= 4 is 25.6 Å². The number of nitrogens with one attached hydrogen (secondary N) is 1. The molecule has 128 valence electrons. The van der Waals surface area contributed by atoms with Crippen molar-refractivity contribution in [3.05, 3.63) is 29.8 Å². The van der Waals surface area contributed by atoms with Crippen LogP contribution in [0.1, 0.15) is 37.6 Å². The Kier molecular flexibility index (Phi) is 4.60. The fourth-order valence-electron chi connectivity index (χ4n) is 2.43. The van der Waals surface area contributed by atoms with Gasteiger partial charge in [0.15, 0.2) is 19.7 Å². The van der Waals surface area contributed by atoms with Crippen LogP contribution >= 0.6 is 0 Å². The van der Waals surface area contributed by atoms with Crippen LogP contribution in [0, 0.1) is 0 Å². The quantitative estimate of drug-likeness (QED) is 0.874. The van der Waals surface area contributed by atoms with E-state index < -0.39 is 30.5 Å². The highest BCUT2D eigenvalue weighted by molar-refractivity contribution is 7.96. The van der Waals surface area contributed by atoms with Gasteiger partial charge in [0, 0.05) is 11.1 Å². The van der Waals surface area contributed by atoms with Crippen molar-refractivity contribution in [2.24, 2.45) is 0 Å². The Labute approximate surface area is 137 Å². The van der Waals surface area contributed by atoms with Gasteiger partial charge in [-0.1, -0.05) is 6.07 Å². The van der Waals surface area contributed by atoms with Crippen molar-refractivity contribution in [2.75, 3.05) is 11.5 Å². The molecule has 2 rings (SSSR count). The second-order valence-corrected chi connectivity index (χ2v) is 11.3. The summed E-state index contributed by atoms with van der Waals surface area (Å²) in [6.07, 6.45) is 0.100. The van der Waals surface area contributed by atoms with Gasteiger partial charge >= 0.3 is 0 Å². The molecule has 1 aromatic rings. The minimum Gasteiger partial charge on any atom is -0.347 e. The molecule has 8 heteroatoms. The second-order valence-electron chi connectivity index (χ2n) is 6.80. The topological polar surface area (TPSA) is 97.4 Å². The number of hydrogen-bond acceptors (Lipinski definition) is 5. The average Bonchev–Trinajstić information content (AvgIpc) is 2.78. The number of carbonyl (C=O) groups excluding carboxylic acids is 1. The van der Waals surface area contributed by atoms with E-state index in [1.165, 1.54) is 24.3 Å². The van der Waals surface area contributed by atoms with Crippen molar-refractivity contribution in [1.82, 2.24) is 5.32 Å². The minimum absolute atomic E-state index is 0.0128. The summed E-state index contributed by atoms with van der Waals surface area (Å²) in [5.74, 6) is -0.830. The highest BCUT2D eigenvalue weighted by Crippen LogP contribution is 2.26. The lowest BCUT2D eigenvalue weighted by molar-refractivity contribution is 0.0919. The Balaban J connectivity index is 2.31. The standard InChI is InChI=1S/C15H21NO5S2/c1-15(2,3)16-14(17)11-5-4-6-12(9-11)23(20,21)13-7-8-22(18,19)10-13/h4-6,9,13H,7-8,10H2,1-3H3,(H,16,17)/t13-/m0/s1. The normalized spacial score (nSPS) is 21.1. The SMILES string of the molecule is CC(C)(C)NC(=O)c1cccc(S(=O)(=O)[C@H]2CCS(=O)(=O)C2)c1. The lowest BCUT2D eigenvalue weighted by atomic mass is 10.1. The van der Waals surface area contributed by atoms with Crippen molar-refractivity contribution in [2.45, 2.75) is 42.9 Å². The van der Waals surface area contributed by atoms with Gasteiger partial charge in [-0.25, -0.2) is 16.8 Å². The van der Waals surface area contributed by atoms with E-state index >= 15 is 0 Å². The van der Waals surface area contributed by atoms with Crippen molar-refractivity contribution in [3.63, 3.8) is 0 Å². The summed E-state index contributed by atoms with van der Waals surface area (Å²) in [6.45, 7) is 5.48. The van der Waals surface area contributed by atoms with Crippen LogP contribution in [0.25, 0.3) is 0 Å². The fourth-order valence-corrected chi connectivity index (χ4v) is 6.83. The molecule has 1 saturated heterocycles. The lowest BCUT2D eigenvalue weighted by Crippen LogP contribution is -2.40. The van der Waals surface area contributed by atoms with Gasteiger partial charge in [-0.05, 0) is 45.4 Å². The fraction of sp³-hybridized carbons (Fsp3) is 0.533. The van der Waals surface area contributed by atoms with E-state index in [1.54, 1.807) is 0 Å². The van der Waals surface area contributed by atoms with Gasteiger partial charge in [-0.2, -0.15) is 0 Å². The van der Waals surface area contributed by atoms with Crippen LogP contribution in [0.3, 0.4) is 0 Å². The summed E-state index contributed by atoms with van der Waals surface area (Å²) >= 11 is 0. The van der Waals surface area contributed by atoms with Crippen LogP contribution in [0.5, 0.6) is 0 Å². The predicted molar refractivity (Wildman–Crippen MR) is 87.9 cm³/mol. The summed E-state index contributed by atoms with van der Waals surface area (Å²) < 4.78 is 48.2. The summed E-state index contributed by atoms with van der Waals surface area (Å²) in [4.78, 5) is 12.1. The molecule has 1 heterocycles. The maximum absolute atomic E-state index is 12.6. The molecule has 1 amide bonds. The first-order valence-corrected chi connectivity index (χ1v) is 10.6. The largest absolute Gasteiger partial charge is 0.347 e. The lowest BCUT2D eigenvalue weighted by Gasteiger charge is -2.20. The zero-order valence-corrected chi connectivity index (χ0v) is 15.0. The van der Waals surface area contributed by atoms with Crippen LogP contribution in [-0.4, -0.2) is 45.0 Å². The third kappa shape index (κ3) is 4.32. The molecule has 1 aromatic carbocycles. The maximum atomic E-state index is 12.6. The highest BCUT2D eigenvalue weighted by Gasteiger charge is 2.38. The van der Waals surface area contributed by atoms with Gasteiger partial charge < -0.3 is 5.32 Å². The minimum atomic E-state index is -3.77. The van der Waals surface area contributed by atoms with Crippen molar-refractivity contribution in [3.8, 4) is 0 Å². The molecule has 1 fully saturated rings. The van der Waals surface area contributed by atoms with Crippen molar-refractivity contribution < 1.29 is 21.6 Å². The van der Waals surface area contributed by atoms with E-state index in [2.05, 4.69) is 5.32 Å². The molecule has 23 heavy (non-hydrogen) atoms. The molecule has 6 nitrogen and oxygen atoms in total. The van der Waals surface area contributed by atoms with E-state index in [0.717, 1.165) is 0 Å². The average molecular weight is 359 g/mol. The van der Waals surface area contributed by atoms with E-state index in [4.69, 9.17) is 0 Å². The number of rotatable bonds is 3. The molecule has 1 atom stereocenters. The Hall–Kier alpha value is -1.41. The molecule has 0 bridgehead atoms.